The van der Waals surface area contributed by atoms with Crippen molar-refractivity contribution in [3.8, 4) is 11.3 Å². The number of carbonyl (C=O) groups is 1. The fourth-order valence-electron chi connectivity index (χ4n) is 3.86. The summed E-state index contributed by atoms with van der Waals surface area (Å²) in [5.41, 5.74) is 3.19. The molecule has 5 nitrogen and oxygen atoms in total. The van der Waals surface area contributed by atoms with Gasteiger partial charge in [0.05, 0.1) is 12.1 Å². The lowest BCUT2D eigenvalue weighted by Gasteiger charge is -2.24. The van der Waals surface area contributed by atoms with Crippen molar-refractivity contribution in [1.29, 1.82) is 0 Å². The number of likely N-dealkylation sites (tertiary alicyclic amines) is 1. The van der Waals surface area contributed by atoms with Crippen LogP contribution in [0.3, 0.4) is 0 Å². The Labute approximate surface area is 158 Å². The minimum atomic E-state index is -0.948. The van der Waals surface area contributed by atoms with E-state index in [1.807, 2.05) is 31.3 Å². The van der Waals surface area contributed by atoms with E-state index in [-0.39, 0.29) is 5.56 Å². The van der Waals surface area contributed by atoms with Crippen molar-refractivity contribution in [2.45, 2.75) is 32.4 Å². The third-order valence-corrected chi connectivity index (χ3v) is 5.11. The van der Waals surface area contributed by atoms with Gasteiger partial charge in [-0.1, -0.05) is 18.2 Å². The highest BCUT2D eigenvalue weighted by Crippen LogP contribution is 2.34. The molecule has 0 radical (unpaired) electrons. The third-order valence-electron chi connectivity index (χ3n) is 5.11. The quantitative estimate of drug-likeness (QED) is 0.713. The Morgan fingerprint density at radius 2 is 2.11 bits per heavy atom. The van der Waals surface area contributed by atoms with Crippen molar-refractivity contribution in [2.24, 2.45) is 0 Å². The van der Waals surface area contributed by atoms with Crippen molar-refractivity contribution in [3.05, 3.63) is 77.3 Å². The second-order valence-electron chi connectivity index (χ2n) is 6.98. The molecule has 0 saturated carbocycles. The summed E-state index contributed by atoms with van der Waals surface area (Å²) in [6, 6.07) is 15.3. The van der Waals surface area contributed by atoms with Gasteiger partial charge in [0.25, 0.3) is 0 Å². The van der Waals surface area contributed by atoms with E-state index in [4.69, 9.17) is 4.42 Å². The number of carboxylic acids is 1. The lowest BCUT2D eigenvalue weighted by molar-refractivity contribution is 0.0697. The van der Waals surface area contributed by atoms with Gasteiger partial charge < -0.3 is 9.52 Å². The molecule has 1 fully saturated rings. The highest BCUT2D eigenvalue weighted by Gasteiger charge is 2.27. The fraction of sp³-hybridized carbons (Fsp3) is 0.273. The van der Waals surface area contributed by atoms with Crippen LogP contribution in [0.2, 0.25) is 0 Å². The average molecular weight is 362 g/mol. The van der Waals surface area contributed by atoms with Crippen LogP contribution in [0.25, 0.3) is 11.3 Å². The van der Waals surface area contributed by atoms with Gasteiger partial charge in [-0.05, 0) is 62.2 Å². The lowest BCUT2D eigenvalue weighted by atomic mass is 10.1. The van der Waals surface area contributed by atoms with E-state index in [0.29, 0.717) is 23.9 Å². The number of aromatic nitrogens is 1. The smallest absolute Gasteiger partial charge is 0.336 e. The molecule has 4 rings (SSSR count). The highest BCUT2D eigenvalue weighted by molar-refractivity contribution is 5.95. The Kier molecular flexibility index (Phi) is 4.77. The van der Waals surface area contributed by atoms with Crippen LogP contribution < -0.4 is 0 Å². The average Bonchev–Trinajstić information content (AvgIpc) is 3.32. The predicted molar refractivity (Wildman–Crippen MR) is 102 cm³/mol. The number of rotatable bonds is 5. The van der Waals surface area contributed by atoms with Crippen molar-refractivity contribution >= 4 is 5.97 Å². The number of hydrogen-bond acceptors (Lipinski definition) is 4. The van der Waals surface area contributed by atoms with Crippen LogP contribution >= 0.6 is 0 Å². The molecule has 1 aliphatic heterocycles. The summed E-state index contributed by atoms with van der Waals surface area (Å²) in [6.07, 6.45) is 4.15. The van der Waals surface area contributed by atoms with Crippen LogP contribution in [0.1, 0.15) is 46.3 Å². The maximum atomic E-state index is 11.5. The van der Waals surface area contributed by atoms with E-state index in [0.717, 1.165) is 30.8 Å². The molecule has 3 heterocycles. The molecule has 0 spiro atoms. The normalized spacial score (nSPS) is 17.3. The number of pyridine rings is 1. The summed E-state index contributed by atoms with van der Waals surface area (Å²) in [5, 5.41) is 9.39. The molecule has 0 unspecified atom stereocenters. The van der Waals surface area contributed by atoms with Gasteiger partial charge in [-0.3, -0.25) is 9.88 Å². The molecule has 2 aromatic heterocycles. The van der Waals surface area contributed by atoms with E-state index in [1.165, 1.54) is 5.56 Å². The first-order chi connectivity index (χ1) is 13.1. The van der Waals surface area contributed by atoms with E-state index in [9.17, 15) is 9.90 Å². The molecule has 0 amide bonds. The molecular weight excluding hydrogens is 340 g/mol. The minimum Gasteiger partial charge on any atom is -0.478 e. The largest absolute Gasteiger partial charge is 0.478 e. The van der Waals surface area contributed by atoms with Gasteiger partial charge in [0.1, 0.15) is 11.5 Å². The number of hydrogen-bond donors (Lipinski definition) is 1. The lowest BCUT2D eigenvalue weighted by Crippen LogP contribution is -2.22. The van der Waals surface area contributed by atoms with Crippen LogP contribution in [0, 0.1) is 6.92 Å². The summed E-state index contributed by atoms with van der Waals surface area (Å²) in [7, 11) is 0. The summed E-state index contributed by atoms with van der Waals surface area (Å²) in [4.78, 5) is 18.2. The van der Waals surface area contributed by atoms with Crippen molar-refractivity contribution in [3.63, 3.8) is 0 Å². The van der Waals surface area contributed by atoms with Gasteiger partial charge in [0.15, 0.2) is 0 Å². The fourth-order valence-corrected chi connectivity index (χ4v) is 3.86. The van der Waals surface area contributed by atoms with Crippen LogP contribution in [-0.2, 0) is 6.54 Å². The molecule has 1 saturated heterocycles. The Bertz CT molecular complexity index is 963. The molecular formula is C22H22N2O3. The molecule has 1 atom stereocenters. The van der Waals surface area contributed by atoms with Crippen LogP contribution in [-0.4, -0.2) is 27.5 Å². The molecule has 0 bridgehead atoms. The molecule has 27 heavy (non-hydrogen) atoms. The predicted octanol–water partition coefficient (Wildman–Crippen LogP) is 4.69. The third kappa shape index (κ3) is 3.64. The van der Waals surface area contributed by atoms with Gasteiger partial charge >= 0.3 is 5.97 Å². The Morgan fingerprint density at radius 1 is 1.26 bits per heavy atom. The van der Waals surface area contributed by atoms with Crippen molar-refractivity contribution in [1.82, 2.24) is 9.88 Å². The SMILES string of the molecule is Cc1cc([C@H]2CCCN2Cc2ccc(-c3ccccc3C(=O)O)o2)ccn1. The second kappa shape index (κ2) is 7.37. The Balaban J connectivity index is 1.55. The molecule has 1 aliphatic rings. The highest BCUT2D eigenvalue weighted by atomic mass is 16.4. The summed E-state index contributed by atoms with van der Waals surface area (Å²) in [5.74, 6) is 0.498. The number of nitrogens with zero attached hydrogens (tertiary/aromatic N) is 2. The number of carboxylic acid groups (broad SMARTS) is 1. The van der Waals surface area contributed by atoms with E-state index in [2.05, 4.69) is 22.0 Å². The maximum Gasteiger partial charge on any atom is 0.336 e. The molecule has 3 aromatic rings. The van der Waals surface area contributed by atoms with Gasteiger partial charge in [0.2, 0.25) is 0 Å². The van der Waals surface area contributed by atoms with Crippen molar-refractivity contribution in [2.75, 3.05) is 6.54 Å². The van der Waals surface area contributed by atoms with E-state index in [1.54, 1.807) is 18.2 Å². The topological polar surface area (TPSA) is 66.6 Å². The van der Waals surface area contributed by atoms with Crippen molar-refractivity contribution < 1.29 is 14.3 Å². The molecule has 0 aliphatic carbocycles. The summed E-state index contributed by atoms with van der Waals surface area (Å²) < 4.78 is 6.01. The van der Waals surface area contributed by atoms with E-state index >= 15 is 0 Å². The number of furan rings is 1. The van der Waals surface area contributed by atoms with Crippen LogP contribution in [0.4, 0.5) is 0 Å². The standard InChI is InChI=1S/C22H22N2O3/c1-15-13-16(10-11-23-15)20-7-4-12-24(20)14-17-8-9-21(27-17)18-5-2-3-6-19(18)22(25)26/h2-3,5-6,8-11,13,20H,4,7,12,14H2,1H3,(H,25,26)/t20-/m1/s1. The number of benzene rings is 1. The Morgan fingerprint density at radius 3 is 2.93 bits per heavy atom. The maximum absolute atomic E-state index is 11.5. The summed E-state index contributed by atoms with van der Waals surface area (Å²) >= 11 is 0. The Hall–Kier alpha value is -2.92. The number of aryl methyl sites for hydroxylation is 1. The number of aromatic carboxylic acids is 1. The molecule has 1 N–H and O–H groups in total. The zero-order valence-electron chi connectivity index (χ0n) is 15.3. The molecule has 1 aromatic carbocycles. The van der Waals surface area contributed by atoms with Gasteiger partial charge in [-0.2, -0.15) is 0 Å². The molecule has 5 heteroatoms. The monoisotopic (exact) mass is 362 g/mol. The van der Waals surface area contributed by atoms with Crippen LogP contribution in [0.15, 0.2) is 59.1 Å². The van der Waals surface area contributed by atoms with Gasteiger partial charge in [0, 0.05) is 23.5 Å². The first-order valence-electron chi connectivity index (χ1n) is 9.20. The van der Waals surface area contributed by atoms with E-state index < -0.39 is 5.97 Å². The summed E-state index contributed by atoms with van der Waals surface area (Å²) in [6.45, 7) is 3.75. The minimum absolute atomic E-state index is 0.254. The second-order valence-corrected chi connectivity index (χ2v) is 6.98. The first kappa shape index (κ1) is 17.5. The van der Waals surface area contributed by atoms with Crippen LogP contribution in [0.5, 0.6) is 0 Å². The molecule has 138 valence electrons. The zero-order chi connectivity index (χ0) is 18.8. The van der Waals surface area contributed by atoms with Gasteiger partial charge in [-0.25, -0.2) is 4.79 Å². The first-order valence-corrected chi connectivity index (χ1v) is 9.20. The zero-order valence-corrected chi connectivity index (χ0v) is 15.3. The van der Waals surface area contributed by atoms with Gasteiger partial charge in [-0.15, -0.1) is 0 Å².